The Bertz CT molecular complexity index is 543. The van der Waals surface area contributed by atoms with Crippen molar-refractivity contribution in [3.05, 3.63) is 45.7 Å². The second-order valence-corrected chi connectivity index (χ2v) is 3.83. The van der Waals surface area contributed by atoms with Gasteiger partial charge in [-0.05, 0) is 30.5 Å². The largest absolute Gasteiger partial charge is 0.345 e. The quantitative estimate of drug-likeness (QED) is 0.735. The first-order chi connectivity index (χ1) is 7.20. The maximum Gasteiger partial charge on any atom is 0.257 e. The molecule has 0 saturated heterocycles. The number of nitrogens with two attached hydrogens (primary N) is 1. The maximum absolute atomic E-state index is 11.6. The average molecular weight is 203 g/mol. The maximum atomic E-state index is 11.6. The number of H-pyrrole nitrogens is 1. The van der Waals surface area contributed by atoms with Crippen LogP contribution in [0.15, 0.2) is 29.1 Å². The number of quaternary nitrogens is 1. The molecule has 0 bridgehead atoms. The number of pyridine rings is 1. The van der Waals surface area contributed by atoms with Crippen molar-refractivity contribution in [2.24, 2.45) is 0 Å². The molecule has 0 saturated carbocycles. The molecule has 0 unspecified atom stereocenters. The van der Waals surface area contributed by atoms with Gasteiger partial charge in [0, 0.05) is 5.52 Å². The Morgan fingerprint density at radius 2 is 2.13 bits per heavy atom. The van der Waals surface area contributed by atoms with Crippen molar-refractivity contribution in [1.82, 2.24) is 4.98 Å². The fourth-order valence-electron chi connectivity index (χ4n) is 1.74. The zero-order chi connectivity index (χ0) is 10.8. The molecule has 78 valence electrons. The Morgan fingerprint density at radius 3 is 2.87 bits per heavy atom. The Labute approximate surface area is 88.1 Å². The van der Waals surface area contributed by atoms with E-state index in [1.165, 1.54) is 5.56 Å². The summed E-state index contributed by atoms with van der Waals surface area (Å²) in [4.78, 5) is 14.5. The summed E-state index contributed by atoms with van der Waals surface area (Å²) in [7, 11) is 1.96. The lowest BCUT2D eigenvalue weighted by Crippen LogP contribution is -2.78. The van der Waals surface area contributed by atoms with Crippen LogP contribution in [-0.4, -0.2) is 12.0 Å². The van der Waals surface area contributed by atoms with Crippen LogP contribution >= 0.6 is 0 Å². The van der Waals surface area contributed by atoms with Crippen molar-refractivity contribution in [2.45, 2.75) is 13.5 Å². The summed E-state index contributed by atoms with van der Waals surface area (Å²) in [5.74, 6) is 0. The lowest BCUT2D eigenvalue weighted by Gasteiger charge is -2.02. The minimum Gasteiger partial charge on any atom is -0.345 e. The van der Waals surface area contributed by atoms with Crippen LogP contribution in [0.3, 0.4) is 0 Å². The predicted octanol–water partition coefficient (Wildman–Crippen LogP) is 0.530. The van der Waals surface area contributed by atoms with E-state index < -0.39 is 0 Å². The number of hydrogen-bond acceptors (Lipinski definition) is 1. The molecule has 1 aromatic carbocycles. The van der Waals surface area contributed by atoms with Crippen molar-refractivity contribution in [1.29, 1.82) is 0 Å². The van der Waals surface area contributed by atoms with Gasteiger partial charge in [-0.15, -0.1) is 0 Å². The van der Waals surface area contributed by atoms with E-state index in [1.807, 2.05) is 30.6 Å². The van der Waals surface area contributed by atoms with Gasteiger partial charge in [0.25, 0.3) is 5.56 Å². The molecule has 0 aliphatic rings. The molecule has 0 aliphatic carbocycles. The van der Waals surface area contributed by atoms with Gasteiger partial charge in [0.05, 0.1) is 12.6 Å². The lowest BCUT2D eigenvalue weighted by molar-refractivity contribution is -0.643. The monoisotopic (exact) mass is 203 g/mol. The van der Waals surface area contributed by atoms with Crippen molar-refractivity contribution < 1.29 is 5.32 Å². The van der Waals surface area contributed by atoms with Crippen LogP contribution in [0.4, 0.5) is 0 Å². The van der Waals surface area contributed by atoms with Crippen LogP contribution in [0.25, 0.3) is 10.9 Å². The molecule has 0 atom stereocenters. The summed E-state index contributed by atoms with van der Waals surface area (Å²) in [5.41, 5.74) is 2.96. The van der Waals surface area contributed by atoms with Crippen molar-refractivity contribution in [2.75, 3.05) is 7.05 Å². The summed E-state index contributed by atoms with van der Waals surface area (Å²) in [5, 5.41) is 3.10. The predicted molar refractivity (Wildman–Crippen MR) is 60.9 cm³/mol. The molecular weight excluding hydrogens is 188 g/mol. The summed E-state index contributed by atoms with van der Waals surface area (Å²) in [6.45, 7) is 2.77. The highest BCUT2D eigenvalue weighted by atomic mass is 16.1. The highest BCUT2D eigenvalue weighted by molar-refractivity contribution is 5.79. The van der Waals surface area contributed by atoms with E-state index in [0.29, 0.717) is 0 Å². The molecule has 3 N–H and O–H groups in total. The molecule has 3 nitrogen and oxygen atoms in total. The van der Waals surface area contributed by atoms with Gasteiger partial charge in [0.2, 0.25) is 0 Å². The van der Waals surface area contributed by atoms with Crippen molar-refractivity contribution in [3.63, 3.8) is 0 Å². The van der Waals surface area contributed by atoms with Gasteiger partial charge in [-0.2, -0.15) is 0 Å². The first-order valence-electron chi connectivity index (χ1n) is 5.11. The molecular formula is C12H15N2O+. The fraction of sp³-hybridized carbons (Fsp3) is 0.250. The normalized spacial score (nSPS) is 10.8. The number of rotatable bonds is 2. The minimum atomic E-state index is 0.0180. The number of fused-ring (bicyclic) bond motifs is 1. The summed E-state index contributed by atoms with van der Waals surface area (Å²) >= 11 is 0. The minimum absolute atomic E-state index is 0.0180. The van der Waals surface area contributed by atoms with Gasteiger partial charge in [-0.3, -0.25) is 4.79 Å². The summed E-state index contributed by atoms with van der Waals surface area (Å²) in [6, 6.07) is 8.01. The molecule has 2 aromatic rings. The van der Waals surface area contributed by atoms with Gasteiger partial charge in [0.15, 0.2) is 0 Å². The van der Waals surface area contributed by atoms with Crippen LogP contribution in [0.2, 0.25) is 0 Å². The smallest absolute Gasteiger partial charge is 0.257 e. The second-order valence-electron chi connectivity index (χ2n) is 3.83. The molecule has 0 spiro atoms. The van der Waals surface area contributed by atoms with Gasteiger partial charge in [0.1, 0.15) is 6.54 Å². The lowest BCUT2D eigenvalue weighted by atomic mass is 10.1. The Balaban J connectivity index is 2.66. The zero-order valence-corrected chi connectivity index (χ0v) is 9.00. The van der Waals surface area contributed by atoms with E-state index in [1.54, 1.807) is 0 Å². The Morgan fingerprint density at radius 1 is 1.33 bits per heavy atom. The average Bonchev–Trinajstić information content (AvgIpc) is 2.20. The molecule has 3 heteroatoms. The van der Waals surface area contributed by atoms with E-state index in [-0.39, 0.29) is 5.56 Å². The highest BCUT2D eigenvalue weighted by Crippen LogP contribution is 2.12. The fourth-order valence-corrected chi connectivity index (χ4v) is 1.74. The zero-order valence-electron chi connectivity index (χ0n) is 9.00. The van der Waals surface area contributed by atoms with Crippen LogP contribution in [0.5, 0.6) is 0 Å². The molecule has 2 rings (SSSR count). The Hall–Kier alpha value is -1.61. The van der Waals surface area contributed by atoms with Crippen LogP contribution in [0, 0.1) is 6.92 Å². The molecule has 0 amide bonds. The highest BCUT2D eigenvalue weighted by Gasteiger charge is 2.03. The first kappa shape index (κ1) is 9.93. The number of aryl methyl sites for hydroxylation is 1. The Kier molecular flexibility index (Phi) is 2.56. The topological polar surface area (TPSA) is 49.5 Å². The van der Waals surface area contributed by atoms with Crippen LogP contribution < -0.4 is 10.9 Å². The van der Waals surface area contributed by atoms with E-state index >= 15 is 0 Å². The first-order valence-corrected chi connectivity index (χ1v) is 5.11. The van der Waals surface area contributed by atoms with Gasteiger partial charge >= 0.3 is 0 Å². The molecule has 15 heavy (non-hydrogen) atoms. The number of aromatic amines is 1. The third-order valence-electron chi connectivity index (χ3n) is 2.50. The van der Waals surface area contributed by atoms with Gasteiger partial charge in [-0.25, -0.2) is 0 Å². The number of hydrogen-bond donors (Lipinski definition) is 2. The van der Waals surface area contributed by atoms with Gasteiger partial charge < -0.3 is 10.3 Å². The number of nitrogens with one attached hydrogen (secondary N) is 1. The molecule has 1 heterocycles. The molecule has 1 aromatic heterocycles. The SMILES string of the molecule is C[NH2+]Cc1cc2cc(C)ccc2[nH]c1=O. The summed E-state index contributed by atoms with van der Waals surface area (Å²) < 4.78 is 0. The van der Waals surface area contributed by atoms with Crippen LogP contribution in [0.1, 0.15) is 11.1 Å². The second kappa shape index (κ2) is 3.87. The standard InChI is InChI=1S/C12H14N2O/c1-8-3-4-11-9(5-8)6-10(7-13-2)12(15)14-11/h3-6,13H,7H2,1-2H3,(H,14,15)/p+1. The number of aromatic nitrogens is 1. The van der Waals surface area contributed by atoms with Crippen molar-refractivity contribution >= 4 is 10.9 Å². The third kappa shape index (κ3) is 1.92. The van der Waals surface area contributed by atoms with Gasteiger partial charge in [-0.1, -0.05) is 11.6 Å². The van der Waals surface area contributed by atoms with E-state index in [9.17, 15) is 4.79 Å². The van der Waals surface area contributed by atoms with E-state index in [2.05, 4.69) is 18.0 Å². The third-order valence-corrected chi connectivity index (χ3v) is 2.50. The van der Waals surface area contributed by atoms with Crippen LogP contribution in [-0.2, 0) is 6.54 Å². The van der Waals surface area contributed by atoms with E-state index in [4.69, 9.17) is 0 Å². The van der Waals surface area contributed by atoms with Crippen molar-refractivity contribution in [3.8, 4) is 0 Å². The molecule has 0 radical (unpaired) electrons. The van der Waals surface area contributed by atoms with E-state index in [0.717, 1.165) is 23.0 Å². The molecule has 0 aliphatic heterocycles. The number of benzene rings is 1. The molecule has 0 fully saturated rings. The summed E-state index contributed by atoms with van der Waals surface area (Å²) in [6.07, 6.45) is 0.